The van der Waals surface area contributed by atoms with Crippen molar-refractivity contribution in [2.75, 3.05) is 0 Å². The zero-order chi connectivity index (χ0) is 13.7. The van der Waals surface area contributed by atoms with Crippen molar-refractivity contribution in [3.63, 3.8) is 0 Å². The fourth-order valence-corrected chi connectivity index (χ4v) is 2.96. The van der Waals surface area contributed by atoms with Crippen LogP contribution in [0.15, 0.2) is 12.2 Å². The van der Waals surface area contributed by atoms with Crippen LogP contribution in [0.25, 0.3) is 0 Å². The zero-order valence-electron chi connectivity index (χ0n) is 10.6. The maximum Gasteiger partial charge on any atom is 0.393 e. The lowest BCUT2D eigenvalue weighted by atomic mass is 9.82. The van der Waals surface area contributed by atoms with E-state index in [2.05, 4.69) is 0 Å². The first kappa shape index (κ1) is 13.4. The van der Waals surface area contributed by atoms with Crippen LogP contribution in [0.2, 0.25) is 0 Å². The molecule has 4 atom stereocenters. The topological polar surface area (TPSA) is 26.3 Å². The van der Waals surface area contributed by atoms with E-state index in [1.165, 1.54) is 0 Å². The average Bonchev–Trinajstić information content (AvgIpc) is 2.71. The van der Waals surface area contributed by atoms with Crippen LogP contribution >= 0.6 is 0 Å². The lowest BCUT2D eigenvalue weighted by molar-refractivity contribution is -0.205. The second kappa shape index (κ2) is 4.00. The minimum atomic E-state index is -4.34. The number of carbonyl (C=O) groups excluding carboxylic acids is 1. The SMILES string of the molecule is CC(C)(C)OC(=O)C1C2C=CC(C2)C1C(F)(F)F. The third-order valence-corrected chi connectivity index (χ3v) is 3.52. The third kappa shape index (κ3) is 2.40. The van der Waals surface area contributed by atoms with Gasteiger partial charge < -0.3 is 4.74 Å². The normalized spacial score (nSPS) is 35.0. The van der Waals surface area contributed by atoms with Crippen molar-refractivity contribution in [3.8, 4) is 0 Å². The highest BCUT2D eigenvalue weighted by atomic mass is 19.4. The highest BCUT2D eigenvalue weighted by Gasteiger charge is 2.60. The predicted octanol–water partition coefficient (Wildman–Crippen LogP) is 3.33. The van der Waals surface area contributed by atoms with Gasteiger partial charge in [-0.3, -0.25) is 4.79 Å². The van der Waals surface area contributed by atoms with Crippen molar-refractivity contribution in [2.24, 2.45) is 23.7 Å². The number of alkyl halides is 3. The monoisotopic (exact) mass is 262 g/mol. The number of hydrogen-bond donors (Lipinski definition) is 0. The fraction of sp³-hybridized carbons (Fsp3) is 0.769. The van der Waals surface area contributed by atoms with Crippen LogP contribution in [-0.4, -0.2) is 17.7 Å². The Bertz CT molecular complexity index is 379. The second-order valence-corrected chi connectivity index (χ2v) is 6.07. The van der Waals surface area contributed by atoms with E-state index in [1.807, 2.05) is 0 Å². The van der Waals surface area contributed by atoms with Crippen LogP contribution in [-0.2, 0) is 9.53 Å². The van der Waals surface area contributed by atoms with Gasteiger partial charge in [-0.1, -0.05) is 12.2 Å². The summed E-state index contributed by atoms with van der Waals surface area (Å²) >= 11 is 0. The summed E-state index contributed by atoms with van der Waals surface area (Å²) in [4.78, 5) is 12.0. The number of ether oxygens (including phenoxy) is 1. The fourth-order valence-electron chi connectivity index (χ4n) is 2.96. The van der Waals surface area contributed by atoms with E-state index in [-0.39, 0.29) is 5.92 Å². The first-order valence-corrected chi connectivity index (χ1v) is 6.07. The molecule has 0 aliphatic heterocycles. The summed E-state index contributed by atoms with van der Waals surface area (Å²) in [6, 6.07) is 0. The molecule has 1 fully saturated rings. The molecular formula is C13H17F3O2. The van der Waals surface area contributed by atoms with Crippen LogP contribution in [0.1, 0.15) is 27.2 Å². The highest BCUT2D eigenvalue weighted by Crippen LogP contribution is 2.54. The molecular weight excluding hydrogens is 245 g/mol. The van der Waals surface area contributed by atoms with Crippen LogP contribution < -0.4 is 0 Å². The maximum atomic E-state index is 13.0. The molecule has 2 aliphatic rings. The molecule has 0 aromatic rings. The Hall–Kier alpha value is -1.00. The van der Waals surface area contributed by atoms with E-state index < -0.39 is 35.5 Å². The Balaban J connectivity index is 2.21. The Labute approximate surface area is 104 Å². The lowest BCUT2D eigenvalue weighted by Gasteiger charge is -2.30. The van der Waals surface area contributed by atoms with Crippen molar-refractivity contribution in [1.82, 2.24) is 0 Å². The van der Waals surface area contributed by atoms with Gasteiger partial charge in [-0.2, -0.15) is 13.2 Å². The van der Waals surface area contributed by atoms with Gasteiger partial charge in [0.1, 0.15) is 5.60 Å². The Morgan fingerprint density at radius 1 is 1.17 bits per heavy atom. The molecule has 0 aromatic carbocycles. The summed E-state index contributed by atoms with van der Waals surface area (Å²) < 4.78 is 44.2. The molecule has 2 aliphatic carbocycles. The molecule has 0 aromatic heterocycles. The molecule has 18 heavy (non-hydrogen) atoms. The van der Waals surface area contributed by atoms with Crippen molar-refractivity contribution in [2.45, 2.75) is 39.0 Å². The molecule has 2 bridgehead atoms. The van der Waals surface area contributed by atoms with Crippen molar-refractivity contribution in [3.05, 3.63) is 12.2 Å². The first-order valence-electron chi connectivity index (χ1n) is 6.07. The molecule has 0 heterocycles. The summed E-state index contributed by atoms with van der Waals surface area (Å²) in [5, 5.41) is 0. The minimum absolute atomic E-state index is 0.323. The van der Waals surface area contributed by atoms with Gasteiger partial charge in [0.05, 0.1) is 11.8 Å². The molecule has 102 valence electrons. The van der Waals surface area contributed by atoms with E-state index in [0.29, 0.717) is 6.42 Å². The summed E-state index contributed by atoms with van der Waals surface area (Å²) in [6.07, 6.45) is -0.620. The van der Waals surface area contributed by atoms with E-state index in [4.69, 9.17) is 4.74 Å². The molecule has 4 unspecified atom stereocenters. The average molecular weight is 262 g/mol. The molecule has 0 saturated heterocycles. The smallest absolute Gasteiger partial charge is 0.393 e. The Morgan fingerprint density at radius 3 is 2.22 bits per heavy atom. The molecule has 2 nitrogen and oxygen atoms in total. The van der Waals surface area contributed by atoms with Gasteiger partial charge in [0.25, 0.3) is 0 Å². The standard InChI is InChI=1S/C13H17F3O2/c1-12(2,3)18-11(17)9-7-4-5-8(6-7)10(9)13(14,15)16/h4-5,7-10H,6H2,1-3H3. The predicted molar refractivity (Wildman–Crippen MR) is 59.6 cm³/mol. The van der Waals surface area contributed by atoms with Crippen LogP contribution in [0.4, 0.5) is 13.2 Å². The molecule has 0 amide bonds. The second-order valence-electron chi connectivity index (χ2n) is 6.07. The molecule has 5 heteroatoms. The zero-order valence-corrected chi connectivity index (χ0v) is 10.6. The van der Waals surface area contributed by atoms with Crippen LogP contribution in [0.3, 0.4) is 0 Å². The molecule has 0 spiro atoms. The Morgan fingerprint density at radius 2 is 1.72 bits per heavy atom. The summed E-state index contributed by atoms with van der Waals surface area (Å²) in [7, 11) is 0. The number of hydrogen-bond acceptors (Lipinski definition) is 2. The quantitative estimate of drug-likeness (QED) is 0.535. The summed E-state index contributed by atoms with van der Waals surface area (Å²) in [5.74, 6) is -4.26. The van der Waals surface area contributed by atoms with Gasteiger partial charge in [0.15, 0.2) is 0 Å². The van der Waals surface area contributed by atoms with Gasteiger partial charge in [0, 0.05) is 0 Å². The first-order chi connectivity index (χ1) is 8.09. The van der Waals surface area contributed by atoms with Crippen molar-refractivity contribution >= 4 is 5.97 Å². The summed E-state index contributed by atoms with van der Waals surface area (Å²) in [6.45, 7) is 4.99. The van der Waals surface area contributed by atoms with E-state index in [1.54, 1.807) is 32.9 Å². The van der Waals surface area contributed by atoms with Gasteiger partial charge in [-0.15, -0.1) is 0 Å². The van der Waals surface area contributed by atoms with Crippen molar-refractivity contribution < 1.29 is 22.7 Å². The number of carbonyl (C=O) groups is 1. The number of esters is 1. The largest absolute Gasteiger partial charge is 0.460 e. The molecule has 2 rings (SSSR count). The molecule has 1 saturated carbocycles. The third-order valence-electron chi connectivity index (χ3n) is 3.52. The van der Waals surface area contributed by atoms with Crippen LogP contribution in [0.5, 0.6) is 0 Å². The number of allylic oxidation sites excluding steroid dienone is 2. The molecule has 0 radical (unpaired) electrons. The Kier molecular flexibility index (Phi) is 2.98. The van der Waals surface area contributed by atoms with Gasteiger partial charge >= 0.3 is 12.1 Å². The highest BCUT2D eigenvalue weighted by molar-refractivity contribution is 5.75. The maximum absolute atomic E-state index is 13.0. The minimum Gasteiger partial charge on any atom is -0.460 e. The van der Waals surface area contributed by atoms with Gasteiger partial charge in [-0.25, -0.2) is 0 Å². The number of rotatable bonds is 1. The van der Waals surface area contributed by atoms with Crippen LogP contribution in [0, 0.1) is 23.7 Å². The van der Waals surface area contributed by atoms with E-state index >= 15 is 0 Å². The number of halogens is 3. The lowest BCUT2D eigenvalue weighted by Crippen LogP contribution is -2.40. The van der Waals surface area contributed by atoms with Crippen molar-refractivity contribution in [1.29, 1.82) is 0 Å². The number of fused-ring (bicyclic) bond motifs is 2. The van der Waals surface area contributed by atoms with E-state index in [9.17, 15) is 18.0 Å². The van der Waals surface area contributed by atoms with E-state index in [0.717, 1.165) is 0 Å². The summed E-state index contributed by atoms with van der Waals surface area (Å²) in [5.41, 5.74) is -0.751. The van der Waals surface area contributed by atoms with Gasteiger partial charge in [0.2, 0.25) is 0 Å². The van der Waals surface area contributed by atoms with Gasteiger partial charge in [-0.05, 0) is 39.0 Å². The molecule has 0 N–H and O–H groups in total.